The summed E-state index contributed by atoms with van der Waals surface area (Å²) in [6.45, 7) is 10.7. The van der Waals surface area contributed by atoms with Crippen molar-refractivity contribution in [2.24, 2.45) is 11.7 Å². The van der Waals surface area contributed by atoms with Crippen LogP contribution in [0.15, 0.2) is 23.8 Å². The zero-order valence-corrected chi connectivity index (χ0v) is 17.2. The number of rotatable bonds is 8. The van der Waals surface area contributed by atoms with Gasteiger partial charge >= 0.3 is 0 Å². The molecule has 0 bridgehead atoms. The summed E-state index contributed by atoms with van der Waals surface area (Å²) in [7, 11) is 0. The van der Waals surface area contributed by atoms with Crippen molar-refractivity contribution in [1.29, 1.82) is 0 Å². The SMILES string of the molecule is C=CC1N/C(=C/S)C(=ICC(N)NC(C)CCCC)C[C@@H]1C. The molecule has 128 valence electrons. The van der Waals surface area contributed by atoms with Gasteiger partial charge in [0.25, 0.3) is 0 Å². The Kier molecular flexibility index (Phi) is 9.95. The molecule has 0 aromatic heterocycles. The fourth-order valence-electron chi connectivity index (χ4n) is 2.62. The maximum atomic E-state index is 6.27. The second kappa shape index (κ2) is 10.8. The molecule has 0 radical (unpaired) electrons. The molecule has 22 heavy (non-hydrogen) atoms. The Morgan fingerprint density at radius 1 is 1.59 bits per heavy atom. The predicted octanol–water partition coefficient (Wildman–Crippen LogP) is 3.54. The fourth-order valence-corrected chi connectivity index (χ4v) is 6.09. The molecule has 1 rings (SSSR count). The molecule has 3 unspecified atom stereocenters. The summed E-state index contributed by atoms with van der Waals surface area (Å²) >= 11 is 4.30. The lowest BCUT2D eigenvalue weighted by Crippen LogP contribution is -2.44. The lowest BCUT2D eigenvalue weighted by molar-refractivity contribution is 0.449. The van der Waals surface area contributed by atoms with Crippen molar-refractivity contribution in [2.75, 3.05) is 4.43 Å². The lowest BCUT2D eigenvalue weighted by Gasteiger charge is -2.32. The summed E-state index contributed by atoms with van der Waals surface area (Å²) in [6.07, 6.45) is 6.98. The van der Waals surface area contributed by atoms with E-state index in [1.807, 2.05) is 11.5 Å². The molecule has 4 N–H and O–H groups in total. The number of hydrogen-bond donors (Lipinski definition) is 4. The Hall–Kier alpha value is 0.150. The van der Waals surface area contributed by atoms with Crippen LogP contribution in [0.3, 0.4) is 0 Å². The maximum absolute atomic E-state index is 6.27. The van der Waals surface area contributed by atoms with Gasteiger partial charge in [0.2, 0.25) is 0 Å². The first kappa shape index (κ1) is 20.2. The average Bonchev–Trinajstić information content (AvgIpc) is 2.50. The third kappa shape index (κ3) is 6.72. The highest BCUT2D eigenvalue weighted by Crippen LogP contribution is 2.25. The third-order valence-electron chi connectivity index (χ3n) is 4.01. The summed E-state index contributed by atoms with van der Waals surface area (Å²) in [5.74, 6) is 0.594. The number of piperidine rings is 1. The number of thiol groups is 1. The Bertz CT molecular complexity index is 409. The second-order valence-corrected chi connectivity index (χ2v) is 9.34. The van der Waals surface area contributed by atoms with E-state index in [2.05, 4.69) is 50.6 Å². The Morgan fingerprint density at radius 3 is 2.91 bits per heavy atom. The molecule has 1 heterocycles. The van der Waals surface area contributed by atoms with Gasteiger partial charge in [0.05, 0.1) is 6.17 Å². The smallest absolute Gasteiger partial charge is 0.0636 e. The summed E-state index contributed by atoms with van der Waals surface area (Å²) in [4.78, 5) is 0. The van der Waals surface area contributed by atoms with E-state index in [0.29, 0.717) is 18.0 Å². The minimum absolute atomic E-state index is 0.0654. The number of hydrogen-bond acceptors (Lipinski definition) is 4. The molecule has 0 saturated carbocycles. The molecule has 0 aromatic rings. The van der Waals surface area contributed by atoms with Crippen molar-refractivity contribution >= 4 is 36.9 Å². The van der Waals surface area contributed by atoms with Gasteiger partial charge in [-0.1, -0.05) is 32.8 Å². The molecule has 4 atom stereocenters. The number of unbranched alkanes of at least 4 members (excludes halogenated alkanes) is 1. The van der Waals surface area contributed by atoms with E-state index in [9.17, 15) is 0 Å². The van der Waals surface area contributed by atoms with E-state index >= 15 is 0 Å². The number of halogens is 1. The Morgan fingerprint density at radius 2 is 2.32 bits per heavy atom. The molecule has 0 aliphatic carbocycles. The van der Waals surface area contributed by atoms with Gasteiger partial charge < -0.3 is 11.1 Å². The van der Waals surface area contributed by atoms with E-state index < -0.39 is 0 Å². The molecule has 3 nitrogen and oxygen atoms in total. The van der Waals surface area contributed by atoms with E-state index in [4.69, 9.17) is 5.73 Å². The molecule has 0 spiro atoms. The normalized spacial score (nSPS) is 28.8. The zero-order chi connectivity index (χ0) is 16.5. The number of nitrogens with one attached hydrogen (secondary N) is 2. The van der Waals surface area contributed by atoms with Crippen molar-refractivity contribution in [3.8, 4) is 0 Å². The van der Waals surface area contributed by atoms with Gasteiger partial charge in [-0.15, -0.1) is 39.9 Å². The van der Waals surface area contributed by atoms with Gasteiger partial charge in [0.1, 0.15) is 0 Å². The molecule has 1 aliphatic rings. The van der Waals surface area contributed by atoms with Crippen LogP contribution in [0, 0.1) is 5.92 Å². The molecule has 1 aliphatic heterocycles. The molecule has 5 heteroatoms. The standard InChI is InChI=1S/C17H32IN3S/c1-5-7-8-13(4)20-17(19)10-18-14-9-12(3)15(6-2)21-16(14)11-22/h6,11-13,15,17,20-22H,2,5,7-10,19H2,1,3-4H3/b16-11+/t12-,13?,15?,17?/m0/s1. The minimum Gasteiger partial charge on any atom is -0.378 e. The molecule has 1 saturated heterocycles. The van der Waals surface area contributed by atoms with Crippen LogP contribution in [0.5, 0.6) is 0 Å². The highest BCUT2D eigenvalue weighted by atomic mass is 127. The number of allylic oxidation sites excluding steroid dienone is 1. The van der Waals surface area contributed by atoms with Crippen molar-refractivity contribution < 1.29 is 0 Å². The molecular formula is C17H32IN3S. The maximum Gasteiger partial charge on any atom is 0.0636 e. The van der Waals surface area contributed by atoms with Crippen LogP contribution in [0.1, 0.15) is 46.5 Å². The van der Waals surface area contributed by atoms with Crippen LogP contribution in [0.25, 0.3) is 0 Å². The molecule has 1 fully saturated rings. The van der Waals surface area contributed by atoms with Gasteiger partial charge in [-0.25, -0.2) is 0 Å². The monoisotopic (exact) mass is 437 g/mol. The van der Waals surface area contributed by atoms with Crippen LogP contribution in [-0.2, 0) is 0 Å². The minimum atomic E-state index is -0.0654. The summed E-state index contributed by atoms with van der Waals surface area (Å²) in [5.41, 5.74) is 7.47. The van der Waals surface area contributed by atoms with Crippen LogP contribution >= 0.6 is 33.4 Å². The van der Waals surface area contributed by atoms with E-state index in [0.717, 1.165) is 10.8 Å². The van der Waals surface area contributed by atoms with Crippen LogP contribution in [0.4, 0.5) is 0 Å². The van der Waals surface area contributed by atoms with E-state index in [1.54, 1.807) is 0 Å². The molecular weight excluding hydrogens is 405 g/mol. The van der Waals surface area contributed by atoms with Crippen molar-refractivity contribution in [3.05, 3.63) is 23.8 Å². The van der Waals surface area contributed by atoms with Crippen molar-refractivity contribution in [1.82, 2.24) is 10.6 Å². The Balaban J connectivity index is 2.55. The van der Waals surface area contributed by atoms with Gasteiger partial charge in [-0.2, -0.15) is 0 Å². The highest BCUT2D eigenvalue weighted by Gasteiger charge is 2.24. The highest BCUT2D eigenvalue weighted by molar-refractivity contribution is 14.2. The first-order valence-electron chi connectivity index (χ1n) is 8.22. The largest absolute Gasteiger partial charge is 0.378 e. The summed E-state index contributed by atoms with van der Waals surface area (Å²) in [5, 5.41) is 8.98. The van der Waals surface area contributed by atoms with Crippen LogP contribution < -0.4 is 16.4 Å². The number of alkyl halides is 1. The molecule has 0 amide bonds. The van der Waals surface area contributed by atoms with Crippen LogP contribution in [-0.4, -0.2) is 26.2 Å². The predicted molar refractivity (Wildman–Crippen MR) is 112 cm³/mol. The first-order valence-corrected chi connectivity index (χ1v) is 11.3. The fraction of sp³-hybridized carbons (Fsp3) is 0.706. The average molecular weight is 437 g/mol. The second-order valence-electron chi connectivity index (χ2n) is 6.14. The first-order chi connectivity index (χ1) is 10.5. The van der Waals surface area contributed by atoms with Crippen molar-refractivity contribution in [3.63, 3.8) is 0 Å². The molecule has 0 aromatic carbocycles. The lowest BCUT2D eigenvalue weighted by atomic mass is 9.91. The number of nitrogens with two attached hydrogens (primary N) is 1. The van der Waals surface area contributed by atoms with Crippen molar-refractivity contribution in [2.45, 2.75) is 64.7 Å². The van der Waals surface area contributed by atoms with Gasteiger partial charge in [-0.3, -0.25) is 5.32 Å². The van der Waals surface area contributed by atoms with Crippen LogP contribution in [0.2, 0.25) is 0 Å². The zero-order valence-electron chi connectivity index (χ0n) is 14.1. The summed E-state index contributed by atoms with van der Waals surface area (Å²) < 4.78 is 2.61. The van der Waals surface area contributed by atoms with Gasteiger partial charge in [0.15, 0.2) is 0 Å². The third-order valence-corrected chi connectivity index (χ3v) is 7.60. The van der Waals surface area contributed by atoms with E-state index in [1.165, 1.54) is 28.5 Å². The van der Waals surface area contributed by atoms with E-state index in [-0.39, 0.29) is 26.9 Å². The topological polar surface area (TPSA) is 50.1 Å². The summed E-state index contributed by atoms with van der Waals surface area (Å²) in [6, 6.07) is 0.865. The van der Waals surface area contributed by atoms with Gasteiger partial charge in [0, 0.05) is 25.7 Å². The van der Waals surface area contributed by atoms with Gasteiger partial charge in [-0.05, 0) is 31.1 Å². The Labute approximate surface area is 151 Å². The quantitative estimate of drug-likeness (QED) is 0.155.